The van der Waals surface area contributed by atoms with Crippen molar-refractivity contribution in [1.82, 2.24) is 5.32 Å². The number of nitrogens with one attached hydrogen (secondary N) is 1. The molecule has 2 atom stereocenters. The summed E-state index contributed by atoms with van der Waals surface area (Å²) in [7, 11) is 0. The summed E-state index contributed by atoms with van der Waals surface area (Å²) >= 11 is 0. The molecule has 0 aliphatic heterocycles. The van der Waals surface area contributed by atoms with Crippen LogP contribution in [-0.2, 0) is 16.1 Å². The first kappa shape index (κ1) is 12.4. The maximum absolute atomic E-state index is 11.3. The van der Waals surface area contributed by atoms with E-state index < -0.39 is 12.1 Å². The molecule has 0 unspecified atom stereocenters. The molecule has 18 heavy (non-hydrogen) atoms. The normalized spacial score (nSPS) is 21.1. The van der Waals surface area contributed by atoms with E-state index in [1.54, 1.807) is 0 Å². The minimum atomic E-state index is -0.792. The van der Waals surface area contributed by atoms with Crippen LogP contribution >= 0.6 is 0 Å². The van der Waals surface area contributed by atoms with Gasteiger partial charge < -0.3 is 15.2 Å². The van der Waals surface area contributed by atoms with Crippen molar-refractivity contribution in [2.75, 3.05) is 6.54 Å². The molecule has 0 bridgehead atoms. The summed E-state index contributed by atoms with van der Waals surface area (Å²) in [5.74, 6) is -1.05. The molecule has 0 spiro atoms. The highest BCUT2D eigenvalue weighted by Crippen LogP contribution is 2.37. The minimum absolute atomic E-state index is 0.0479. The Morgan fingerprint density at radius 2 is 2.06 bits per heavy atom. The number of amides is 1. The molecule has 0 radical (unpaired) electrons. The van der Waals surface area contributed by atoms with Gasteiger partial charge in [-0.3, -0.25) is 4.79 Å². The molecule has 96 valence electrons. The Bertz CT molecular complexity index is 432. The second-order valence-electron chi connectivity index (χ2n) is 4.38. The third-order valence-electron chi connectivity index (χ3n) is 2.96. The van der Waals surface area contributed by atoms with Gasteiger partial charge in [0.15, 0.2) is 0 Å². The first-order valence-corrected chi connectivity index (χ1v) is 5.84. The molecule has 1 aromatic carbocycles. The Morgan fingerprint density at radius 1 is 1.33 bits per heavy atom. The van der Waals surface area contributed by atoms with Crippen LogP contribution in [0.25, 0.3) is 0 Å². The van der Waals surface area contributed by atoms with Crippen LogP contribution in [0.5, 0.6) is 0 Å². The van der Waals surface area contributed by atoms with Gasteiger partial charge >= 0.3 is 12.1 Å². The van der Waals surface area contributed by atoms with Crippen molar-refractivity contribution < 1.29 is 19.4 Å². The van der Waals surface area contributed by atoms with Gasteiger partial charge in [-0.2, -0.15) is 0 Å². The molecule has 5 heteroatoms. The van der Waals surface area contributed by atoms with Crippen molar-refractivity contribution in [3.8, 4) is 0 Å². The van der Waals surface area contributed by atoms with Gasteiger partial charge in [-0.05, 0) is 17.9 Å². The summed E-state index contributed by atoms with van der Waals surface area (Å²) in [4.78, 5) is 21.9. The van der Waals surface area contributed by atoms with Gasteiger partial charge in [0.2, 0.25) is 0 Å². The Labute approximate surface area is 105 Å². The summed E-state index contributed by atoms with van der Waals surface area (Å²) in [6, 6.07) is 9.38. The monoisotopic (exact) mass is 249 g/mol. The summed E-state index contributed by atoms with van der Waals surface area (Å²) < 4.78 is 5.00. The van der Waals surface area contributed by atoms with Crippen LogP contribution in [0.2, 0.25) is 0 Å². The summed E-state index contributed by atoms with van der Waals surface area (Å²) in [6.07, 6.45) is 0.129. The van der Waals surface area contributed by atoms with Gasteiger partial charge in [-0.15, -0.1) is 0 Å². The van der Waals surface area contributed by atoms with Crippen LogP contribution in [0, 0.1) is 11.8 Å². The molecule has 1 amide bonds. The smallest absolute Gasteiger partial charge is 0.407 e. The number of carboxylic acids is 1. The van der Waals surface area contributed by atoms with E-state index in [9.17, 15) is 9.59 Å². The van der Waals surface area contributed by atoms with Crippen molar-refractivity contribution >= 4 is 12.1 Å². The van der Waals surface area contributed by atoms with Crippen molar-refractivity contribution in [1.29, 1.82) is 0 Å². The molecule has 1 aromatic rings. The van der Waals surface area contributed by atoms with Gasteiger partial charge in [-0.25, -0.2) is 4.79 Å². The van der Waals surface area contributed by atoms with Gasteiger partial charge in [0.05, 0.1) is 5.92 Å². The van der Waals surface area contributed by atoms with Gasteiger partial charge in [0, 0.05) is 6.54 Å². The van der Waals surface area contributed by atoms with Gasteiger partial charge in [0.25, 0.3) is 0 Å². The summed E-state index contributed by atoms with van der Waals surface area (Å²) in [5.41, 5.74) is 0.919. The second kappa shape index (κ2) is 5.53. The maximum Gasteiger partial charge on any atom is 0.407 e. The Hall–Kier alpha value is -2.04. The summed E-state index contributed by atoms with van der Waals surface area (Å²) in [5, 5.41) is 11.3. The molecular weight excluding hydrogens is 234 g/mol. The number of hydrogen-bond acceptors (Lipinski definition) is 3. The van der Waals surface area contributed by atoms with E-state index in [1.165, 1.54) is 0 Å². The van der Waals surface area contributed by atoms with Crippen LogP contribution in [0.15, 0.2) is 30.3 Å². The molecule has 1 fully saturated rings. The number of hydrogen-bond donors (Lipinski definition) is 2. The molecule has 0 heterocycles. The number of benzene rings is 1. The van der Waals surface area contributed by atoms with Crippen LogP contribution in [0.1, 0.15) is 12.0 Å². The fraction of sp³-hybridized carbons (Fsp3) is 0.385. The SMILES string of the molecule is O=C(NC[C@H]1C[C@H]1C(=O)O)OCc1ccccc1. The average molecular weight is 249 g/mol. The minimum Gasteiger partial charge on any atom is -0.481 e. The van der Waals surface area contributed by atoms with E-state index in [0.717, 1.165) is 5.56 Å². The van der Waals surface area contributed by atoms with E-state index in [2.05, 4.69) is 5.32 Å². The quantitative estimate of drug-likeness (QED) is 0.831. The predicted molar refractivity (Wildman–Crippen MR) is 63.9 cm³/mol. The lowest BCUT2D eigenvalue weighted by Gasteiger charge is -2.06. The van der Waals surface area contributed by atoms with Crippen LogP contribution in [-0.4, -0.2) is 23.7 Å². The van der Waals surface area contributed by atoms with Crippen molar-refractivity contribution in [2.24, 2.45) is 11.8 Å². The Kier molecular flexibility index (Phi) is 3.82. The van der Waals surface area contributed by atoms with Gasteiger partial charge in [0.1, 0.15) is 6.61 Å². The first-order valence-electron chi connectivity index (χ1n) is 5.84. The molecule has 2 N–H and O–H groups in total. The van der Waals surface area contributed by atoms with Crippen LogP contribution < -0.4 is 5.32 Å². The lowest BCUT2D eigenvalue weighted by Crippen LogP contribution is -2.27. The zero-order valence-electron chi connectivity index (χ0n) is 9.83. The number of alkyl carbamates (subject to hydrolysis) is 1. The second-order valence-corrected chi connectivity index (χ2v) is 4.38. The van der Waals surface area contributed by atoms with Crippen LogP contribution in [0.3, 0.4) is 0 Å². The zero-order chi connectivity index (χ0) is 13.0. The van der Waals surface area contributed by atoms with Crippen molar-refractivity contribution in [2.45, 2.75) is 13.0 Å². The number of carboxylic acid groups (broad SMARTS) is 1. The fourth-order valence-electron chi connectivity index (χ4n) is 1.76. The van der Waals surface area contributed by atoms with Crippen molar-refractivity contribution in [3.63, 3.8) is 0 Å². The lowest BCUT2D eigenvalue weighted by molar-refractivity contribution is -0.138. The van der Waals surface area contributed by atoms with Crippen molar-refractivity contribution in [3.05, 3.63) is 35.9 Å². The van der Waals surface area contributed by atoms with E-state index in [-0.39, 0.29) is 18.4 Å². The largest absolute Gasteiger partial charge is 0.481 e. The third kappa shape index (κ3) is 3.48. The molecule has 5 nitrogen and oxygen atoms in total. The zero-order valence-corrected chi connectivity index (χ0v) is 9.83. The van der Waals surface area contributed by atoms with Crippen LogP contribution in [0.4, 0.5) is 4.79 Å². The Morgan fingerprint density at radius 3 is 2.67 bits per heavy atom. The molecule has 0 saturated heterocycles. The topological polar surface area (TPSA) is 75.6 Å². The van der Waals surface area contributed by atoms with E-state index >= 15 is 0 Å². The standard InChI is InChI=1S/C13H15NO4/c15-12(16)11-6-10(11)7-14-13(17)18-8-9-4-2-1-3-5-9/h1-5,10-11H,6-8H2,(H,14,17)(H,15,16)/t10-,11-/m1/s1. The molecular formula is C13H15NO4. The molecule has 2 rings (SSSR count). The van der Waals surface area contributed by atoms with E-state index in [1.807, 2.05) is 30.3 Å². The molecule has 1 aliphatic carbocycles. The van der Waals surface area contributed by atoms with E-state index in [0.29, 0.717) is 13.0 Å². The number of aliphatic carboxylic acids is 1. The Balaban J connectivity index is 1.63. The first-order chi connectivity index (χ1) is 8.66. The molecule has 1 saturated carbocycles. The van der Waals surface area contributed by atoms with Gasteiger partial charge in [-0.1, -0.05) is 30.3 Å². The highest BCUT2D eigenvalue weighted by atomic mass is 16.5. The molecule has 1 aliphatic rings. The summed E-state index contributed by atoms with van der Waals surface area (Å²) in [6.45, 7) is 0.588. The third-order valence-corrected chi connectivity index (χ3v) is 2.96. The highest BCUT2D eigenvalue weighted by molar-refractivity contribution is 5.74. The maximum atomic E-state index is 11.3. The number of carbonyl (C=O) groups is 2. The van der Waals surface area contributed by atoms with E-state index in [4.69, 9.17) is 9.84 Å². The average Bonchev–Trinajstić information content (AvgIpc) is 3.15. The highest BCUT2D eigenvalue weighted by Gasteiger charge is 2.43. The molecule has 0 aromatic heterocycles. The number of rotatable bonds is 5. The number of ether oxygens (including phenoxy) is 1. The number of carbonyl (C=O) groups excluding carboxylic acids is 1. The predicted octanol–water partition coefficient (Wildman–Crippen LogP) is 1.63. The lowest BCUT2D eigenvalue weighted by atomic mass is 10.2. The fourth-order valence-corrected chi connectivity index (χ4v) is 1.76.